The maximum atomic E-state index is 4.19. The normalized spacial score (nSPS) is 10.3. The number of nitrogens with zero attached hydrogens (tertiary/aromatic N) is 2. The highest BCUT2D eigenvalue weighted by molar-refractivity contribution is 5.04. The van der Waals surface area contributed by atoms with Crippen molar-refractivity contribution in [3.8, 4) is 0 Å². The Labute approximate surface area is 79.5 Å². The van der Waals surface area contributed by atoms with Crippen LogP contribution in [0.15, 0.2) is 24.5 Å². The fourth-order valence-electron chi connectivity index (χ4n) is 1.09. The molecule has 0 atom stereocenters. The predicted molar refractivity (Wildman–Crippen MR) is 54.4 cm³/mol. The lowest BCUT2D eigenvalue weighted by Gasteiger charge is -2.00. The highest BCUT2D eigenvalue weighted by Gasteiger charge is 1.95. The maximum Gasteiger partial charge on any atom is 0.0534 e. The van der Waals surface area contributed by atoms with Crippen LogP contribution in [-0.2, 0) is 13.1 Å². The van der Waals surface area contributed by atoms with Crippen LogP contribution >= 0.6 is 0 Å². The second-order valence-electron chi connectivity index (χ2n) is 3.26. The molecule has 1 heterocycles. The van der Waals surface area contributed by atoms with Gasteiger partial charge in [-0.3, -0.25) is 4.68 Å². The fraction of sp³-hybridized carbons (Fsp3) is 0.500. The monoisotopic (exact) mass is 179 g/mol. The van der Waals surface area contributed by atoms with Gasteiger partial charge in [0.05, 0.1) is 6.20 Å². The van der Waals surface area contributed by atoms with Gasteiger partial charge in [0.15, 0.2) is 0 Å². The zero-order valence-corrected chi connectivity index (χ0v) is 8.38. The molecule has 0 saturated carbocycles. The van der Waals surface area contributed by atoms with Crippen LogP contribution in [0.5, 0.6) is 0 Å². The molecule has 0 aliphatic heterocycles. The van der Waals surface area contributed by atoms with E-state index in [1.165, 1.54) is 5.56 Å². The lowest BCUT2D eigenvalue weighted by atomic mass is 10.3. The van der Waals surface area contributed by atoms with Gasteiger partial charge < -0.3 is 5.32 Å². The Kier molecular flexibility index (Phi) is 3.71. The summed E-state index contributed by atoms with van der Waals surface area (Å²) in [6.07, 6.45) is 3.96. The Morgan fingerprint density at radius 1 is 1.69 bits per heavy atom. The molecule has 0 bridgehead atoms. The molecule has 0 radical (unpaired) electrons. The average molecular weight is 179 g/mol. The summed E-state index contributed by atoms with van der Waals surface area (Å²) in [6.45, 7) is 10.6. The molecule has 0 aliphatic rings. The minimum atomic E-state index is 0.868. The summed E-state index contributed by atoms with van der Waals surface area (Å²) in [5.41, 5.74) is 2.38. The molecule has 13 heavy (non-hydrogen) atoms. The summed E-state index contributed by atoms with van der Waals surface area (Å²) in [4.78, 5) is 0. The van der Waals surface area contributed by atoms with Crippen LogP contribution in [-0.4, -0.2) is 16.3 Å². The number of aryl methyl sites for hydroxylation is 1. The Morgan fingerprint density at radius 2 is 2.46 bits per heavy atom. The van der Waals surface area contributed by atoms with Gasteiger partial charge in [0.2, 0.25) is 0 Å². The summed E-state index contributed by atoms with van der Waals surface area (Å²) in [5.74, 6) is 0. The van der Waals surface area contributed by atoms with Crippen LogP contribution in [0.1, 0.15) is 19.4 Å². The first-order valence-corrected chi connectivity index (χ1v) is 4.58. The SMILES string of the molecule is C=C(C)CNCc1cnn(CC)c1. The van der Waals surface area contributed by atoms with E-state index >= 15 is 0 Å². The highest BCUT2D eigenvalue weighted by atomic mass is 15.3. The zero-order chi connectivity index (χ0) is 9.68. The first-order chi connectivity index (χ1) is 6.22. The molecule has 0 aromatic carbocycles. The van der Waals surface area contributed by atoms with E-state index in [2.05, 4.69) is 30.1 Å². The first kappa shape index (κ1) is 9.99. The molecule has 72 valence electrons. The molecule has 3 heteroatoms. The van der Waals surface area contributed by atoms with E-state index in [0.29, 0.717) is 0 Å². The molecule has 0 unspecified atom stereocenters. The van der Waals surface area contributed by atoms with Crippen molar-refractivity contribution < 1.29 is 0 Å². The van der Waals surface area contributed by atoms with E-state index in [9.17, 15) is 0 Å². The summed E-state index contributed by atoms with van der Waals surface area (Å²) in [5, 5.41) is 7.47. The van der Waals surface area contributed by atoms with Crippen molar-refractivity contribution >= 4 is 0 Å². The summed E-state index contributed by atoms with van der Waals surface area (Å²) < 4.78 is 1.93. The van der Waals surface area contributed by atoms with Crippen molar-refractivity contribution in [3.05, 3.63) is 30.1 Å². The molecular formula is C10H17N3. The Balaban J connectivity index is 2.32. The van der Waals surface area contributed by atoms with E-state index in [1.54, 1.807) is 0 Å². The van der Waals surface area contributed by atoms with Gasteiger partial charge in [0.25, 0.3) is 0 Å². The Morgan fingerprint density at radius 3 is 3.00 bits per heavy atom. The van der Waals surface area contributed by atoms with Gasteiger partial charge in [-0.25, -0.2) is 0 Å². The van der Waals surface area contributed by atoms with E-state index in [4.69, 9.17) is 0 Å². The molecular weight excluding hydrogens is 162 g/mol. The standard InChI is InChI=1S/C10H17N3/c1-4-13-8-10(7-12-13)6-11-5-9(2)3/h7-8,11H,2,4-6H2,1,3H3. The van der Waals surface area contributed by atoms with Crippen molar-refractivity contribution in [2.24, 2.45) is 0 Å². The minimum absolute atomic E-state index is 0.868. The van der Waals surface area contributed by atoms with Crippen LogP contribution in [0.25, 0.3) is 0 Å². The maximum absolute atomic E-state index is 4.19. The second-order valence-corrected chi connectivity index (χ2v) is 3.26. The van der Waals surface area contributed by atoms with Gasteiger partial charge in [0, 0.05) is 31.4 Å². The number of hydrogen-bond donors (Lipinski definition) is 1. The van der Waals surface area contributed by atoms with Crippen molar-refractivity contribution in [2.45, 2.75) is 26.9 Å². The predicted octanol–water partition coefficient (Wildman–Crippen LogP) is 1.57. The van der Waals surface area contributed by atoms with Crippen molar-refractivity contribution in [1.29, 1.82) is 0 Å². The Bertz CT molecular complexity index is 275. The number of nitrogens with one attached hydrogen (secondary N) is 1. The van der Waals surface area contributed by atoms with Gasteiger partial charge in [-0.2, -0.15) is 5.10 Å². The molecule has 0 saturated heterocycles. The number of aromatic nitrogens is 2. The fourth-order valence-corrected chi connectivity index (χ4v) is 1.09. The van der Waals surface area contributed by atoms with Gasteiger partial charge in [-0.05, 0) is 13.8 Å². The van der Waals surface area contributed by atoms with E-state index < -0.39 is 0 Å². The van der Waals surface area contributed by atoms with Gasteiger partial charge in [-0.15, -0.1) is 0 Å². The number of hydrogen-bond acceptors (Lipinski definition) is 2. The van der Waals surface area contributed by atoms with Crippen molar-refractivity contribution in [3.63, 3.8) is 0 Å². The van der Waals surface area contributed by atoms with Gasteiger partial charge in [0.1, 0.15) is 0 Å². The third kappa shape index (κ3) is 3.42. The molecule has 0 spiro atoms. The largest absolute Gasteiger partial charge is 0.309 e. The molecule has 1 N–H and O–H groups in total. The van der Waals surface area contributed by atoms with Crippen LogP contribution in [0.4, 0.5) is 0 Å². The number of rotatable bonds is 5. The van der Waals surface area contributed by atoms with Crippen LogP contribution < -0.4 is 5.32 Å². The van der Waals surface area contributed by atoms with E-state index in [-0.39, 0.29) is 0 Å². The van der Waals surface area contributed by atoms with E-state index in [1.807, 2.05) is 17.8 Å². The van der Waals surface area contributed by atoms with Crippen molar-refractivity contribution in [2.75, 3.05) is 6.54 Å². The van der Waals surface area contributed by atoms with Gasteiger partial charge >= 0.3 is 0 Å². The lowest BCUT2D eigenvalue weighted by molar-refractivity contribution is 0.657. The topological polar surface area (TPSA) is 29.9 Å². The lowest BCUT2D eigenvalue weighted by Crippen LogP contribution is -2.14. The summed E-state index contributed by atoms with van der Waals surface area (Å²) >= 11 is 0. The third-order valence-electron chi connectivity index (χ3n) is 1.77. The molecule has 3 nitrogen and oxygen atoms in total. The third-order valence-corrected chi connectivity index (χ3v) is 1.77. The summed E-state index contributed by atoms with van der Waals surface area (Å²) in [6, 6.07) is 0. The van der Waals surface area contributed by atoms with Crippen LogP contribution in [0, 0.1) is 0 Å². The molecule has 0 amide bonds. The molecule has 0 aliphatic carbocycles. The van der Waals surface area contributed by atoms with E-state index in [0.717, 1.165) is 25.2 Å². The molecule has 1 aromatic heterocycles. The second kappa shape index (κ2) is 4.82. The van der Waals surface area contributed by atoms with Crippen LogP contribution in [0.2, 0.25) is 0 Å². The highest BCUT2D eigenvalue weighted by Crippen LogP contribution is 1.96. The van der Waals surface area contributed by atoms with Crippen molar-refractivity contribution in [1.82, 2.24) is 15.1 Å². The molecule has 0 fully saturated rings. The van der Waals surface area contributed by atoms with Crippen LogP contribution in [0.3, 0.4) is 0 Å². The molecule has 1 aromatic rings. The first-order valence-electron chi connectivity index (χ1n) is 4.58. The average Bonchev–Trinajstić information content (AvgIpc) is 2.52. The summed E-state index contributed by atoms with van der Waals surface area (Å²) in [7, 11) is 0. The minimum Gasteiger partial charge on any atom is -0.309 e. The zero-order valence-electron chi connectivity index (χ0n) is 8.38. The Hall–Kier alpha value is -1.09. The quantitative estimate of drug-likeness (QED) is 0.695. The molecule has 1 rings (SSSR count). The van der Waals surface area contributed by atoms with Gasteiger partial charge in [-0.1, -0.05) is 12.2 Å². The smallest absolute Gasteiger partial charge is 0.0534 e.